The quantitative estimate of drug-likeness (QED) is 0.628. The summed E-state index contributed by atoms with van der Waals surface area (Å²) in [6.45, 7) is 0.787. The third-order valence-corrected chi connectivity index (χ3v) is 1.81. The molecule has 4 nitrogen and oxygen atoms in total. The number of hydrogen-bond donors (Lipinski definition) is 0. The van der Waals surface area contributed by atoms with Gasteiger partial charge in [-0.1, -0.05) is 0 Å². The lowest BCUT2D eigenvalue weighted by Gasteiger charge is -2.17. The largest absolute Gasteiger partial charge is 0.373 e. The van der Waals surface area contributed by atoms with Crippen LogP contribution in [0.25, 0.3) is 0 Å². The van der Waals surface area contributed by atoms with E-state index in [9.17, 15) is 0 Å². The average Bonchev–Trinajstić information content (AvgIpc) is 2.19. The highest BCUT2D eigenvalue weighted by Crippen LogP contribution is 2.02. The van der Waals surface area contributed by atoms with Crippen molar-refractivity contribution in [3.63, 3.8) is 0 Å². The molecule has 1 aromatic heterocycles. The molecule has 2 heterocycles. The van der Waals surface area contributed by atoms with E-state index in [1.165, 1.54) is 0 Å². The Morgan fingerprint density at radius 1 is 1.38 bits per heavy atom. The second kappa shape index (κ2) is 3.35. The zero-order valence-corrected chi connectivity index (χ0v) is 7.38. The molecule has 4 heteroatoms. The third-order valence-electron chi connectivity index (χ3n) is 1.81. The van der Waals surface area contributed by atoms with Crippen LogP contribution in [0, 0.1) is 0 Å². The van der Waals surface area contributed by atoms with Crippen LogP contribution in [0.15, 0.2) is 36.0 Å². The van der Waals surface area contributed by atoms with Gasteiger partial charge >= 0.3 is 0 Å². The van der Waals surface area contributed by atoms with Gasteiger partial charge in [-0.3, -0.25) is 15.0 Å². The Morgan fingerprint density at radius 3 is 3.00 bits per heavy atom. The topological polar surface area (TPSA) is 41.4 Å². The predicted molar refractivity (Wildman–Crippen MR) is 50.3 cm³/mol. The highest BCUT2D eigenvalue weighted by molar-refractivity contribution is 6.01. The van der Waals surface area contributed by atoms with Crippen LogP contribution < -0.4 is 0 Å². The van der Waals surface area contributed by atoms with E-state index in [4.69, 9.17) is 0 Å². The molecule has 0 saturated heterocycles. The highest BCUT2D eigenvalue weighted by Gasteiger charge is 2.08. The maximum Gasteiger partial charge on any atom is 0.105 e. The molecule has 0 amide bonds. The zero-order chi connectivity index (χ0) is 9.10. The number of rotatable bonds is 1. The van der Waals surface area contributed by atoms with Crippen LogP contribution in [0.5, 0.6) is 0 Å². The Labute approximate surface area is 76.7 Å². The van der Waals surface area contributed by atoms with E-state index < -0.39 is 0 Å². The van der Waals surface area contributed by atoms with Gasteiger partial charge in [0.1, 0.15) is 5.69 Å². The lowest BCUT2D eigenvalue weighted by molar-refractivity contribution is 0.516. The minimum Gasteiger partial charge on any atom is -0.373 e. The molecular weight excluding hydrogens is 164 g/mol. The molecule has 2 rings (SSSR count). The molecule has 1 aliphatic rings. The van der Waals surface area contributed by atoms with Gasteiger partial charge in [-0.25, -0.2) is 0 Å². The summed E-state index contributed by atoms with van der Waals surface area (Å²) in [5, 5.41) is 0. The summed E-state index contributed by atoms with van der Waals surface area (Å²) in [6.07, 6.45) is 8.77. The van der Waals surface area contributed by atoms with Crippen LogP contribution in [0.4, 0.5) is 0 Å². The minimum absolute atomic E-state index is 0.787. The van der Waals surface area contributed by atoms with Gasteiger partial charge in [0.05, 0.1) is 18.5 Å². The van der Waals surface area contributed by atoms with Gasteiger partial charge in [-0.05, 0) is 0 Å². The molecule has 0 aliphatic carbocycles. The van der Waals surface area contributed by atoms with Crippen molar-refractivity contribution in [2.24, 2.45) is 4.99 Å². The predicted octanol–water partition coefficient (Wildman–Crippen LogP) is 0.682. The summed E-state index contributed by atoms with van der Waals surface area (Å²) >= 11 is 0. The summed E-state index contributed by atoms with van der Waals surface area (Å²) in [7, 11) is 2.00. The Kier molecular flexibility index (Phi) is 2.04. The average molecular weight is 174 g/mol. The van der Waals surface area contributed by atoms with Crippen molar-refractivity contribution >= 4 is 5.71 Å². The lowest BCUT2D eigenvalue weighted by Crippen LogP contribution is -2.24. The first-order valence-corrected chi connectivity index (χ1v) is 4.06. The first-order chi connectivity index (χ1) is 6.36. The van der Waals surface area contributed by atoms with Crippen LogP contribution in [-0.4, -0.2) is 34.2 Å². The van der Waals surface area contributed by atoms with Crippen molar-refractivity contribution in [2.75, 3.05) is 13.6 Å². The molecule has 0 fully saturated rings. The summed E-state index contributed by atoms with van der Waals surface area (Å²) in [6, 6.07) is 0. The number of aromatic nitrogens is 2. The van der Waals surface area contributed by atoms with Crippen molar-refractivity contribution in [2.45, 2.75) is 0 Å². The Morgan fingerprint density at radius 2 is 2.31 bits per heavy atom. The molecule has 66 valence electrons. The molecule has 1 aliphatic heterocycles. The summed E-state index contributed by atoms with van der Waals surface area (Å²) in [5.41, 5.74) is 1.80. The molecule has 0 spiro atoms. The van der Waals surface area contributed by atoms with E-state index in [0.29, 0.717) is 0 Å². The molecule has 0 unspecified atom stereocenters. The fourth-order valence-corrected chi connectivity index (χ4v) is 1.16. The number of nitrogens with zero attached hydrogens (tertiary/aromatic N) is 4. The number of aliphatic imine (C=N–C) groups is 1. The van der Waals surface area contributed by atoms with Gasteiger partial charge in [0.25, 0.3) is 0 Å². The van der Waals surface area contributed by atoms with Crippen LogP contribution in [0.3, 0.4) is 0 Å². The smallest absolute Gasteiger partial charge is 0.105 e. The lowest BCUT2D eigenvalue weighted by atomic mass is 10.2. The van der Waals surface area contributed by atoms with E-state index in [-0.39, 0.29) is 0 Å². The van der Waals surface area contributed by atoms with E-state index >= 15 is 0 Å². The molecule has 0 bridgehead atoms. The van der Waals surface area contributed by atoms with Crippen LogP contribution >= 0.6 is 0 Å². The molecular formula is C9H10N4. The van der Waals surface area contributed by atoms with E-state index in [2.05, 4.69) is 19.9 Å². The van der Waals surface area contributed by atoms with Gasteiger partial charge in [0.15, 0.2) is 0 Å². The Bertz CT molecular complexity index is 342. The summed E-state index contributed by atoms with van der Waals surface area (Å²) in [4.78, 5) is 14.5. The second-order valence-corrected chi connectivity index (χ2v) is 2.88. The number of hydrogen-bond acceptors (Lipinski definition) is 4. The van der Waals surface area contributed by atoms with Crippen LogP contribution in [0.2, 0.25) is 0 Å². The van der Waals surface area contributed by atoms with Gasteiger partial charge < -0.3 is 4.90 Å². The first-order valence-electron chi connectivity index (χ1n) is 4.06. The number of likely N-dealkylation sites (N-methyl/N-ethyl adjacent to an activating group) is 1. The van der Waals surface area contributed by atoms with E-state index in [1.54, 1.807) is 24.8 Å². The SMILES string of the molecule is CN1C=CN=C(c2cnccn2)C1. The Balaban J connectivity index is 2.28. The van der Waals surface area contributed by atoms with E-state index in [1.807, 2.05) is 13.2 Å². The summed E-state index contributed by atoms with van der Waals surface area (Å²) < 4.78 is 0. The van der Waals surface area contributed by atoms with Crippen molar-refractivity contribution in [3.8, 4) is 0 Å². The van der Waals surface area contributed by atoms with Crippen LogP contribution in [-0.2, 0) is 0 Å². The molecule has 0 atom stereocenters. The van der Waals surface area contributed by atoms with Crippen LogP contribution in [0.1, 0.15) is 5.69 Å². The molecule has 0 radical (unpaired) electrons. The maximum atomic E-state index is 4.24. The normalized spacial score (nSPS) is 15.8. The fourth-order valence-electron chi connectivity index (χ4n) is 1.16. The highest BCUT2D eigenvalue weighted by atomic mass is 15.1. The zero-order valence-electron chi connectivity index (χ0n) is 7.38. The van der Waals surface area contributed by atoms with E-state index in [0.717, 1.165) is 18.0 Å². The van der Waals surface area contributed by atoms with Gasteiger partial charge in [0.2, 0.25) is 0 Å². The maximum absolute atomic E-state index is 4.24. The monoisotopic (exact) mass is 174 g/mol. The third kappa shape index (κ3) is 1.72. The van der Waals surface area contributed by atoms with Gasteiger partial charge in [-0.15, -0.1) is 0 Å². The first kappa shape index (κ1) is 7.91. The standard InChI is InChI=1S/C9H10N4/c1-13-5-4-12-9(7-13)8-6-10-2-3-11-8/h2-6H,7H2,1H3. The molecule has 13 heavy (non-hydrogen) atoms. The second-order valence-electron chi connectivity index (χ2n) is 2.88. The Hall–Kier alpha value is -1.71. The molecule has 0 aromatic carbocycles. The van der Waals surface area contributed by atoms with Gasteiger partial charge in [-0.2, -0.15) is 0 Å². The molecule has 1 aromatic rings. The van der Waals surface area contributed by atoms with Gasteiger partial charge in [0, 0.05) is 31.8 Å². The molecule has 0 N–H and O–H groups in total. The van der Waals surface area contributed by atoms with Crippen molar-refractivity contribution in [1.29, 1.82) is 0 Å². The molecule has 0 saturated carbocycles. The fraction of sp³-hybridized carbons (Fsp3) is 0.222. The van der Waals surface area contributed by atoms with Crippen molar-refractivity contribution in [3.05, 3.63) is 36.7 Å². The van der Waals surface area contributed by atoms with Crippen molar-refractivity contribution < 1.29 is 0 Å². The summed E-state index contributed by atoms with van der Waals surface area (Å²) in [5.74, 6) is 0. The minimum atomic E-state index is 0.787. The van der Waals surface area contributed by atoms with Crippen molar-refractivity contribution in [1.82, 2.24) is 14.9 Å².